The Kier molecular flexibility index (Phi) is 11.2. The zero-order chi connectivity index (χ0) is 30.9. The molecule has 0 saturated heterocycles. The van der Waals surface area contributed by atoms with Gasteiger partial charge in [-0.2, -0.15) is 0 Å². The predicted octanol–water partition coefficient (Wildman–Crippen LogP) is 5.37. The van der Waals surface area contributed by atoms with Gasteiger partial charge < -0.3 is 38.8 Å². The van der Waals surface area contributed by atoms with Gasteiger partial charge in [0.05, 0.1) is 41.7 Å². The average Bonchev–Trinajstić information content (AvgIpc) is 2.98. The van der Waals surface area contributed by atoms with Crippen molar-refractivity contribution in [3.63, 3.8) is 0 Å². The number of rotatable bonds is 12. The molecule has 3 rings (SSSR count). The molecule has 2 atom stereocenters. The minimum Gasteiger partial charge on any atom is -0.497 e. The van der Waals surface area contributed by atoms with E-state index < -0.39 is 29.8 Å². The lowest BCUT2D eigenvalue weighted by atomic mass is 9.91. The number of alkyl carbamates (subject to hydrolysis) is 1. The first kappa shape index (κ1) is 32.2. The highest BCUT2D eigenvalue weighted by Gasteiger charge is 2.29. The maximum absolute atomic E-state index is 12.8. The molecule has 0 spiro atoms. The van der Waals surface area contributed by atoms with Crippen molar-refractivity contribution in [2.75, 3.05) is 35.0 Å². The van der Waals surface area contributed by atoms with Crippen LogP contribution in [0.25, 0.3) is 11.1 Å². The first-order chi connectivity index (χ1) is 20.0. The molecule has 10 heteroatoms. The highest BCUT2D eigenvalue weighted by atomic mass is 16.6. The number of methoxy groups -OCH3 is 4. The summed E-state index contributed by atoms with van der Waals surface area (Å²) in [5, 5.41) is 13.9. The predicted molar refractivity (Wildman–Crippen MR) is 157 cm³/mol. The quantitative estimate of drug-likeness (QED) is 0.272. The van der Waals surface area contributed by atoms with Gasteiger partial charge in [-0.15, -0.1) is 0 Å². The van der Waals surface area contributed by atoms with Crippen LogP contribution in [0.3, 0.4) is 0 Å². The number of ether oxygens (including phenoxy) is 6. The molecule has 0 aliphatic carbocycles. The van der Waals surface area contributed by atoms with Gasteiger partial charge in [0.2, 0.25) is 0 Å². The van der Waals surface area contributed by atoms with Gasteiger partial charge in [0.15, 0.2) is 6.04 Å². The van der Waals surface area contributed by atoms with Crippen LogP contribution in [0.4, 0.5) is 4.79 Å². The van der Waals surface area contributed by atoms with Gasteiger partial charge in [-0.1, -0.05) is 36.4 Å². The molecule has 42 heavy (non-hydrogen) atoms. The van der Waals surface area contributed by atoms with E-state index in [0.29, 0.717) is 46.1 Å². The lowest BCUT2D eigenvalue weighted by Gasteiger charge is -2.24. The minimum atomic E-state index is -1.19. The van der Waals surface area contributed by atoms with Gasteiger partial charge >= 0.3 is 12.1 Å². The molecule has 0 aliphatic heterocycles. The van der Waals surface area contributed by atoms with Crippen LogP contribution in [0.1, 0.15) is 49.6 Å². The number of amides is 1. The molecule has 0 heterocycles. The largest absolute Gasteiger partial charge is 0.497 e. The number of carbonyl (C=O) groups is 2. The first-order valence-corrected chi connectivity index (χ1v) is 13.3. The van der Waals surface area contributed by atoms with Gasteiger partial charge in [0.25, 0.3) is 0 Å². The van der Waals surface area contributed by atoms with Crippen molar-refractivity contribution in [2.45, 2.75) is 45.1 Å². The van der Waals surface area contributed by atoms with E-state index in [9.17, 15) is 14.7 Å². The van der Waals surface area contributed by atoms with Gasteiger partial charge in [-0.25, -0.2) is 9.59 Å². The maximum atomic E-state index is 12.8. The molecule has 1 amide bonds. The van der Waals surface area contributed by atoms with E-state index in [1.807, 2.05) is 30.3 Å². The second-order valence-corrected chi connectivity index (χ2v) is 10.4. The third-order valence-electron chi connectivity index (χ3n) is 6.23. The van der Waals surface area contributed by atoms with Gasteiger partial charge in [0, 0.05) is 17.2 Å². The van der Waals surface area contributed by atoms with Crippen molar-refractivity contribution in [3.05, 3.63) is 77.4 Å². The summed E-state index contributed by atoms with van der Waals surface area (Å²) in [6.45, 7) is 5.45. The second-order valence-electron chi connectivity index (χ2n) is 10.4. The highest BCUT2D eigenvalue weighted by Crippen LogP contribution is 2.44. The fourth-order valence-corrected chi connectivity index (χ4v) is 4.32. The zero-order valence-corrected chi connectivity index (χ0v) is 25.1. The third kappa shape index (κ3) is 8.37. The monoisotopic (exact) mass is 581 g/mol. The lowest BCUT2D eigenvalue weighted by molar-refractivity contribution is -0.143. The summed E-state index contributed by atoms with van der Waals surface area (Å²) < 4.78 is 33.0. The van der Waals surface area contributed by atoms with Gasteiger partial charge in [-0.05, 0) is 55.7 Å². The topological polar surface area (TPSA) is 122 Å². The Morgan fingerprint density at radius 2 is 1.57 bits per heavy atom. The van der Waals surface area contributed by atoms with E-state index in [0.717, 1.165) is 5.56 Å². The van der Waals surface area contributed by atoms with Crippen LogP contribution < -0.4 is 19.5 Å². The minimum absolute atomic E-state index is 0.0226. The number of carbonyl (C=O) groups excluding carboxylic acids is 2. The Balaban J connectivity index is 2.08. The summed E-state index contributed by atoms with van der Waals surface area (Å²) in [5.41, 5.74) is 2.01. The number of hydrogen-bond acceptors (Lipinski definition) is 9. The van der Waals surface area contributed by atoms with Crippen molar-refractivity contribution in [2.24, 2.45) is 0 Å². The smallest absolute Gasteiger partial charge is 0.408 e. The van der Waals surface area contributed by atoms with Gasteiger partial charge in [-0.3, -0.25) is 0 Å². The summed E-state index contributed by atoms with van der Waals surface area (Å²) in [5.74, 6) is 0.577. The fraction of sp³-hybridized carbons (Fsp3) is 0.375. The SMILES string of the molecule is COC(=O)[C@H](NC(=O)OC(C)(C)C)c1ccc(OC)c(-c2c(OC)cc(OC)cc2[C@@H](O)COCc2ccccc2)c1. The van der Waals surface area contributed by atoms with Crippen molar-refractivity contribution in [1.29, 1.82) is 0 Å². The van der Waals surface area contributed by atoms with Crippen LogP contribution in [0, 0.1) is 0 Å². The van der Waals surface area contributed by atoms with E-state index in [4.69, 9.17) is 28.4 Å². The first-order valence-electron chi connectivity index (χ1n) is 13.3. The zero-order valence-electron chi connectivity index (χ0n) is 25.1. The van der Waals surface area contributed by atoms with Crippen LogP contribution in [0.2, 0.25) is 0 Å². The Bertz CT molecular complexity index is 1350. The van der Waals surface area contributed by atoms with E-state index in [2.05, 4.69) is 5.32 Å². The molecule has 3 aromatic rings. The molecule has 0 aliphatic rings. The van der Waals surface area contributed by atoms with Crippen LogP contribution in [-0.4, -0.2) is 57.8 Å². The standard InChI is InChI=1S/C32H39NO9/c1-32(2,3)42-31(36)33-29(30(35)40-7)21-13-14-26(38-5)24(15-21)28-23(16-22(37-4)17-27(28)39-6)25(34)19-41-18-20-11-9-8-10-12-20/h8-17,25,29,34H,18-19H2,1-7H3,(H,33,36)/t25-,29+/m0/s1. The Morgan fingerprint density at radius 1 is 0.881 bits per heavy atom. The molecule has 0 fully saturated rings. The molecule has 0 radical (unpaired) electrons. The molecule has 0 saturated carbocycles. The summed E-state index contributed by atoms with van der Waals surface area (Å²) in [7, 11) is 5.75. The molecule has 2 N–H and O–H groups in total. The van der Waals surface area contributed by atoms with E-state index in [1.165, 1.54) is 28.4 Å². The lowest BCUT2D eigenvalue weighted by Crippen LogP contribution is -2.38. The Hall–Kier alpha value is -4.28. The van der Waals surface area contributed by atoms with Crippen LogP contribution in [0.15, 0.2) is 60.7 Å². The van der Waals surface area contributed by atoms with Crippen molar-refractivity contribution < 1.29 is 43.1 Å². The number of nitrogens with one attached hydrogen (secondary N) is 1. The Morgan fingerprint density at radius 3 is 2.17 bits per heavy atom. The molecule has 3 aromatic carbocycles. The molecule has 0 aromatic heterocycles. The average molecular weight is 582 g/mol. The van der Waals surface area contributed by atoms with Crippen LogP contribution >= 0.6 is 0 Å². The van der Waals surface area contributed by atoms with Crippen LogP contribution in [-0.2, 0) is 25.6 Å². The summed E-state index contributed by atoms with van der Waals surface area (Å²) in [6, 6.07) is 16.8. The molecule has 0 bridgehead atoms. The summed E-state index contributed by atoms with van der Waals surface area (Å²) >= 11 is 0. The second kappa shape index (κ2) is 14.6. The van der Waals surface area contributed by atoms with E-state index in [-0.39, 0.29) is 6.61 Å². The van der Waals surface area contributed by atoms with Gasteiger partial charge in [0.1, 0.15) is 29.0 Å². The van der Waals surface area contributed by atoms with E-state index in [1.54, 1.807) is 51.1 Å². The van der Waals surface area contributed by atoms with Crippen molar-refractivity contribution in [1.82, 2.24) is 5.32 Å². The molecular formula is C32H39NO9. The van der Waals surface area contributed by atoms with E-state index >= 15 is 0 Å². The third-order valence-corrected chi connectivity index (χ3v) is 6.23. The number of aliphatic hydroxyl groups excluding tert-OH is 1. The van der Waals surface area contributed by atoms with Crippen molar-refractivity contribution in [3.8, 4) is 28.4 Å². The number of benzene rings is 3. The molecule has 0 unspecified atom stereocenters. The number of esters is 1. The number of aliphatic hydroxyl groups is 1. The Labute approximate surface area is 246 Å². The molecular weight excluding hydrogens is 542 g/mol. The fourth-order valence-electron chi connectivity index (χ4n) is 4.32. The summed E-state index contributed by atoms with van der Waals surface area (Å²) in [4.78, 5) is 25.4. The number of hydrogen-bond donors (Lipinski definition) is 2. The van der Waals surface area contributed by atoms with Crippen LogP contribution in [0.5, 0.6) is 17.2 Å². The molecule has 226 valence electrons. The molecule has 10 nitrogen and oxygen atoms in total. The normalized spacial score (nSPS) is 12.6. The van der Waals surface area contributed by atoms with Crippen molar-refractivity contribution >= 4 is 12.1 Å². The highest BCUT2D eigenvalue weighted by molar-refractivity contribution is 5.85. The summed E-state index contributed by atoms with van der Waals surface area (Å²) in [6.07, 6.45) is -1.87. The maximum Gasteiger partial charge on any atom is 0.408 e.